The molecule has 0 saturated heterocycles. The maximum absolute atomic E-state index is 11.9. The van der Waals surface area contributed by atoms with Crippen LogP contribution < -0.4 is 16.0 Å². The Morgan fingerprint density at radius 1 is 1.40 bits per heavy atom. The molecular weight excluding hydrogens is 250 g/mol. The number of nitrogens with one attached hydrogen (secondary N) is 3. The topological polar surface area (TPSA) is 53.2 Å². The number of urea groups is 1. The number of hydrogen-bond acceptors (Lipinski definition) is 2. The van der Waals surface area contributed by atoms with Gasteiger partial charge < -0.3 is 16.0 Å². The fraction of sp³-hybridized carbons (Fsp3) is 0.562. The van der Waals surface area contributed by atoms with Crippen LogP contribution in [0.25, 0.3) is 0 Å². The molecule has 1 atom stereocenters. The van der Waals surface area contributed by atoms with Crippen molar-refractivity contribution in [3.05, 3.63) is 29.8 Å². The van der Waals surface area contributed by atoms with Crippen molar-refractivity contribution in [3.63, 3.8) is 0 Å². The summed E-state index contributed by atoms with van der Waals surface area (Å²) in [5.41, 5.74) is 2.30. The van der Waals surface area contributed by atoms with Crippen LogP contribution in [0.5, 0.6) is 0 Å². The average molecular weight is 275 g/mol. The molecule has 1 aromatic rings. The summed E-state index contributed by atoms with van der Waals surface area (Å²) in [6.45, 7) is 5.08. The lowest BCUT2D eigenvalue weighted by Gasteiger charge is -2.38. The van der Waals surface area contributed by atoms with E-state index in [1.165, 1.54) is 19.3 Å². The van der Waals surface area contributed by atoms with E-state index >= 15 is 0 Å². The fourth-order valence-electron chi connectivity index (χ4n) is 2.48. The second kappa shape index (κ2) is 6.27. The summed E-state index contributed by atoms with van der Waals surface area (Å²) in [7, 11) is 1.93. The molecule has 4 nitrogen and oxygen atoms in total. The second-order valence-corrected chi connectivity index (χ2v) is 6.11. The average Bonchev–Trinajstić information content (AvgIpc) is 2.42. The van der Waals surface area contributed by atoms with Gasteiger partial charge in [-0.15, -0.1) is 0 Å². The lowest BCUT2D eigenvalue weighted by atomic mass is 9.70. The summed E-state index contributed by atoms with van der Waals surface area (Å²) in [6.07, 6.45) is 3.70. The van der Waals surface area contributed by atoms with E-state index in [1.54, 1.807) is 0 Å². The molecule has 1 unspecified atom stereocenters. The van der Waals surface area contributed by atoms with E-state index in [1.807, 2.05) is 25.2 Å². The van der Waals surface area contributed by atoms with Gasteiger partial charge in [0.1, 0.15) is 0 Å². The number of carbonyl (C=O) groups is 1. The molecule has 20 heavy (non-hydrogen) atoms. The van der Waals surface area contributed by atoms with Crippen LogP contribution in [0.4, 0.5) is 10.5 Å². The van der Waals surface area contributed by atoms with E-state index < -0.39 is 0 Å². The third-order valence-corrected chi connectivity index (χ3v) is 4.31. The molecule has 1 aliphatic rings. The first-order valence-electron chi connectivity index (χ1n) is 7.34. The summed E-state index contributed by atoms with van der Waals surface area (Å²) in [6, 6.07) is 8.09. The zero-order valence-electron chi connectivity index (χ0n) is 12.6. The van der Waals surface area contributed by atoms with Gasteiger partial charge >= 0.3 is 6.03 Å². The summed E-state index contributed by atoms with van der Waals surface area (Å²) >= 11 is 0. The molecule has 0 bridgehead atoms. The number of hydrogen-bond donors (Lipinski definition) is 3. The molecule has 0 heterocycles. The largest absolute Gasteiger partial charge is 0.337 e. The number of carbonyl (C=O) groups excluding carboxylic acids is 1. The van der Waals surface area contributed by atoms with E-state index in [9.17, 15) is 4.79 Å². The Kier molecular flexibility index (Phi) is 4.65. The summed E-state index contributed by atoms with van der Waals surface area (Å²) in [5, 5.41) is 9.07. The van der Waals surface area contributed by atoms with Gasteiger partial charge in [0.2, 0.25) is 0 Å². The standard InChI is InChI=1S/C16H25N3O/c1-12(17-3)13-6-4-7-14(10-13)19-15(20)18-11-16(2)8-5-9-16/h4,6-7,10,12,17H,5,8-9,11H2,1-3H3,(H2,18,19,20). The van der Waals surface area contributed by atoms with Crippen molar-refractivity contribution < 1.29 is 4.79 Å². The van der Waals surface area contributed by atoms with Gasteiger partial charge in [0.25, 0.3) is 0 Å². The van der Waals surface area contributed by atoms with Crippen molar-refractivity contribution in [2.75, 3.05) is 18.9 Å². The highest BCUT2D eigenvalue weighted by Gasteiger charge is 2.31. The minimum Gasteiger partial charge on any atom is -0.337 e. The van der Waals surface area contributed by atoms with Crippen LogP contribution in [0.3, 0.4) is 0 Å². The van der Waals surface area contributed by atoms with Crippen molar-refractivity contribution in [1.82, 2.24) is 10.6 Å². The van der Waals surface area contributed by atoms with Crippen LogP contribution >= 0.6 is 0 Å². The SMILES string of the molecule is CNC(C)c1cccc(NC(=O)NCC2(C)CCC2)c1. The van der Waals surface area contributed by atoms with Crippen LogP contribution in [0.15, 0.2) is 24.3 Å². The molecule has 3 N–H and O–H groups in total. The van der Waals surface area contributed by atoms with Gasteiger partial charge in [-0.2, -0.15) is 0 Å². The Hall–Kier alpha value is -1.55. The highest BCUT2D eigenvalue weighted by Crippen LogP contribution is 2.39. The van der Waals surface area contributed by atoms with E-state index in [4.69, 9.17) is 0 Å². The summed E-state index contributed by atoms with van der Waals surface area (Å²) in [5.74, 6) is 0. The van der Waals surface area contributed by atoms with E-state index in [0.29, 0.717) is 5.41 Å². The molecule has 0 radical (unpaired) electrons. The van der Waals surface area contributed by atoms with Crippen LogP contribution in [0, 0.1) is 5.41 Å². The predicted molar refractivity (Wildman–Crippen MR) is 82.9 cm³/mol. The highest BCUT2D eigenvalue weighted by molar-refractivity contribution is 5.89. The number of benzene rings is 1. The first-order chi connectivity index (χ1) is 9.52. The highest BCUT2D eigenvalue weighted by atomic mass is 16.2. The Bertz CT molecular complexity index is 469. The normalized spacial score (nSPS) is 17.9. The van der Waals surface area contributed by atoms with Crippen LogP contribution in [-0.2, 0) is 0 Å². The van der Waals surface area contributed by atoms with E-state index in [2.05, 4.69) is 35.9 Å². The molecule has 2 amide bonds. The molecule has 0 aromatic heterocycles. The Labute approximate surface area is 121 Å². The maximum atomic E-state index is 11.9. The monoisotopic (exact) mass is 275 g/mol. The smallest absolute Gasteiger partial charge is 0.319 e. The van der Waals surface area contributed by atoms with Gasteiger partial charge in [-0.05, 0) is 49.9 Å². The zero-order valence-corrected chi connectivity index (χ0v) is 12.6. The summed E-state index contributed by atoms with van der Waals surface area (Å²) in [4.78, 5) is 11.9. The maximum Gasteiger partial charge on any atom is 0.319 e. The van der Waals surface area contributed by atoms with Crippen LogP contribution in [-0.4, -0.2) is 19.6 Å². The van der Waals surface area contributed by atoms with Crippen molar-refractivity contribution in [1.29, 1.82) is 0 Å². The quantitative estimate of drug-likeness (QED) is 0.772. The number of amides is 2. The molecule has 1 saturated carbocycles. The minimum absolute atomic E-state index is 0.118. The van der Waals surface area contributed by atoms with Crippen LogP contribution in [0.1, 0.15) is 44.7 Å². The van der Waals surface area contributed by atoms with Crippen molar-refractivity contribution in [2.24, 2.45) is 5.41 Å². The van der Waals surface area contributed by atoms with Gasteiger partial charge in [0.05, 0.1) is 0 Å². The Balaban J connectivity index is 1.87. The second-order valence-electron chi connectivity index (χ2n) is 6.11. The Morgan fingerprint density at radius 3 is 2.75 bits per heavy atom. The molecular formula is C16H25N3O. The van der Waals surface area contributed by atoms with Crippen LogP contribution in [0.2, 0.25) is 0 Å². The first-order valence-corrected chi connectivity index (χ1v) is 7.34. The molecule has 2 rings (SSSR count). The predicted octanol–water partition coefficient (Wildman–Crippen LogP) is 3.28. The third-order valence-electron chi connectivity index (χ3n) is 4.31. The van der Waals surface area contributed by atoms with Gasteiger partial charge in [-0.1, -0.05) is 25.5 Å². The molecule has 0 spiro atoms. The number of rotatable bonds is 5. The zero-order chi connectivity index (χ0) is 14.6. The molecule has 1 fully saturated rings. The van der Waals surface area contributed by atoms with E-state index in [0.717, 1.165) is 17.8 Å². The summed E-state index contributed by atoms with van der Waals surface area (Å²) < 4.78 is 0. The molecule has 110 valence electrons. The van der Waals surface area contributed by atoms with E-state index in [-0.39, 0.29) is 12.1 Å². The third kappa shape index (κ3) is 3.73. The van der Waals surface area contributed by atoms with Crippen molar-refractivity contribution >= 4 is 11.7 Å². The molecule has 4 heteroatoms. The molecule has 0 aliphatic heterocycles. The minimum atomic E-state index is -0.118. The lowest BCUT2D eigenvalue weighted by Crippen LogP contribution is -2.41. The first kappa shape index (κ1) is 14.9. The lowest BCUT2D eigenvalue weighted by molar-refractivity contribution is 0.159. The van der Waals surface area contributed by atoms with Crippen molar-refractivity contribution in [3.8, 4) is 0 Å². The fourth-order valence-corrected chi connectivity index (χ4v) is 2.48. The van der Waals surface area contributed by atoms with Gasteiger partial charge in [0, 0.05) is 18.3 Å². The van der Waals surface area contributed by atoms with Gasteiger partial charge in [0.15, 0.2) is 0 Å². The molecule has 1 aliphatic carbocycles. The Morgan fingerprint density at radius 2 is 2.15 bits per heavy atom. The van der Waals surface area contributed by atoms with Gasteiger partial charge in [-0.25, -0.2) is 4.79 Å². The molecule has 1 aromatic carbocycles. The van der Waals surface area contributed by atoms with Crippen molar-refractivity contribution in [2.45, 2.75) is 39.2 Å². The number of anilines is 1. The van der Waals surface area contributed by atoms with Gasteiger partial charge in [-0.3, -0.25) is 0 Å².